The van der Waals surface area contributed by atoms with Gasteiger partial charge in [0.2, 0.25) is 0 Å². The number of nitrogens with zero attached hydrogens (tertiary/aromatic N) is 2. The molecule has 63 heavy (non-hydrogen) atoms. The first-order valence-corrected chi connectivity index (χ1v) is 22.0. The van der Waals surface area contributed by atoms with E-state index in [1.165, 1.54) is 22.3 Å². The first-order valence-electron chi connectivity index (χ1n) is 22.0. The zero-order chi connectivity index (χ0) is 44.6. The molecule has 0 spiro atoms. The van der Waals surface area contributed by atoms with E-state index in [4.69, 9.17) is 19.4 Å². The lowest BCUT2D eigenvalue weighted by atomic mass is 9.92. The van der Waals surface area contributed by atoms with E-state index in [-0.39, 0.29) is 0 Å². The molecule has 0 saturated carbocycles. The molecule has 0 unspecified atom stereocenters. The highest BCUT2D eigenvalue weighted by Crippen LogP contribution is 2.43. The van der Waals surface area contributed by atoms with Crippen molar-refractivity contribution in [1.82, 2.24) is 19.9 Å². The summed E-state index contributed by atoms with van der Waals surface area (Å²) in [7, 11) is 3.20. The molecule has 2 N–H and O–H groups in total. The Kier molecular flexibility index (Phi) is 14.0. The number of unbranched alkanes of at least 4 members (excludes halogenated alkanes) is 2. The van der Waals surface area contributed by atoms with E-state index in [2.05, 4.69) is 143 Å². The molecule has 0 amide bonds. The summed E-state index contributed by atoms with van der Waals surface area (Å²) in [5.74, 6) is 23.8. The van der Waals surface area contributed by atoms with E-state index in [9.17, 15) is 0 Å². The fourth-order valence-electron chi connectivity index (χ4n) is 8.41. The molecule has 2 aliphatic heterocycles. The van der Waals surface area contributed by atoms with E-state index in [1.807, 2.05) is 36.4 Å². The molecule has 3 aromatic heterocycles. The highest BCUT2D eigenvalue weighted by molar-refractivity contribution is 6.02. The van der Waals surface area contributed by atoms with Crippen molar-refractivity contribution in [1.29, 1.82) is 0 Å². The van der Waals surface area contributed by atoms with E-state index >= 15 is 0 Å². The standard InChI is InChI=1S/C57H56N4O2/c1-11-13-29-44-40(7)50-33-48-36(3)38(5)55(60-48)54(56-39(6)37(4)49(61-56)34-51-41(8)45(30-14-12-2)53(59-51)35-52(44)58-50)46-31-23-21-27-42(46)25-19-17-15-16-18-20-26-43-28-22-24-32-47(43)57(62-9)63-10/h21-24,27-28,31-35,57-59H,11-14,29-30H2,1-10H3. The largest absolute Gasteiger partial charge is 0.355 e. The van der Waals surface area contributed by atoms with Crippen molar-refractivity contribution in [3.63, 3.8) is 0 Å². The molecule has 5 heterocycles. The van der Waals surface area contributed by atoms with Gasteiger partial charge in [0.1, 0.15) is 0 Å². The molecule has 2 aliphatic rings. The van der Waals surface area contributed by atoms with Crippen LogP contribution in [0.2, 0.25) is 0 Å². The Bertz CT molecular complexity index is 2980. The third-order valence-corrected chi connectivity index (χ3v) is 12.4. The van der Waals surface area contributed by atoms with Gasteiger partial charge in [0.15, 0.2) is 6.29 Å². The zero-order valence-corrected chi connectivity index (χ0v) is 38.4. The molecule has 7 rings (SSSR count). The van der Waals surface area contributed by atoms with Gasteiger partial charge in [0, 0.05) is 64.1 Å². The number of methoxy groups -OCH3 is 2. The molecule has 5 aromatic rings. The van der Waals surface area contributed by atoms with Gasteiger partial charge in [-0.2, -0.15) is 0 Å². The summed E-state index contributed by atoms with van der Waals surface area (Å²) in [5, 5.41) is 0. The number of aryl methyl sites for hydroxylation is 4. The SMILES string of the molecule is CCCCc1c(C)c2cc3nc(c(-c4ccccc4C#CC#CC#CC#Cc4ccccc4C(OC)OC)c4nc(cc5[nH]c(cc1[nH]2)c(CCCC)c5C)C(C)=C4C)C(C)=C3C. The number of aromatic amines is 2. The predicted molar refractivity (Wildman–Crippen MR) is 262 cm³/mol. The van der Waals surface area contributed by atoms with Gasteiger partial charge >= 0.3 is 0 Å². The number of ether oxygens (including phenoxy) is 2. The van der Waals surface area contributed by atoms with Crippen LogP contribution in [0.15, 0.2) is 66.7 Å². The molecule has 0 fully saturated rings. The number of aromatic nitrogens is 4. The van der Waals surface area contributed by atoms with E-state index < -0.39 is 6.29 Å². The minimum absolute atomic E-state index is 0.509. The fourth-order valence-corrected chi connectivity index (χ4v) is 8.41. The topological polar surface area (TPSA) is 75.8 Å². The van der Waals surface area contributed by atoms with Crippen LogP contribution in [0.25, 0.3) is 55.5 Å². The van der Waals surface area contributed by atoms with Crippen molar-refractivity contribution in [2.75, 3.05) is 14.2 Å². The van der Waals surface area contributed by atoms with Crippen LogP contribution in [-0.2, 0) is 22.3 Å². The molecule has 2 aromatic carbocycles. The van der Waals surface area contributed by atoms with Crippen LogP contribution in [-0.4, -0.2) is 34.2 Å². The van der Waals surface area contributed by atoms with Gasteiger partial charge in [0.25, 0.3) is 0 Å². The van der Waals surface area contributed by atoms with Gasteiger partial charge in [-0.25, -0.2) is 9.97 Å². The van der Waals surface area contributed by atoms with E-state index in [0.29, 0.717) is 0 Å². The van der Waals surface area contributed by atoms with Crippen molar-refractivity contribution < 1.29 is 9.47 Å². The lowest BCUT2D eigenvalue weighted by molar-refractivity contribution is -0.106. The first-order chi connectivity index (χ1) is 30.6. The van der Waals surface area contributed by atoms with Gasteiger partial charge in [0.05, 0.1) is 22.8 Å². The molecule has 316 valence electrons. The van der Waals surface area contributed by atoms with Gasteiger partial charge in [-0.05, 0) is 178 Å². The van der Waals surface area contributed by atoms with Gasteiger partial charge < -0.3 is 19.4 Å². The van der Waals surface area contributed by atoms with Crippen molar-refractivity contribution in [2.45, 2.75) is 100 Å². The lowest BCUT2D eigenvalue weighted by Gasteiger charge is -2.14. The zero-order valence-electron chi connectivity index (χ0n) is 38.4. The molecule has 8 bridgehead atoms. The summed E-state index contributed by atoms with van der Waals surface area (Å²) < 4.78 is 10.9. The number of nitrogens with one attached hydrogen (secondary N) is 2. The molecule has 6 heteroatoms. The van der Waals surface area contributed by atoms with E-state index in [1.54, 1.807) is 14.2 Å². The fraction of sp³-hybridized carbons (Fsp3) is 0.298. The van der Waals surface area contributed by atoms with Crippen LogP contribution >= 0.6 is 0 Å². The Labute approximate surface area is 373 Å². The molecular formula is C57H56N4O2. The first kappa shape index (κ1) is 44.3. The Balaban J connectivity index is 1.43. The van der Waals surface area contributed by atoms with Crippen molar-refractivity contribution >= 4 is 44.4 Å². The van der Waals surface area contributed by atoms with Crippen molar-refractivity contribution in [2.24, 2.45) is 0 Å². The molecule has 0 radical (unpaired) electrons. The normalized spacial score (nSPS) is 12.0. The van der Waals surface area contributed by atoms with Crippen LogP contribution in [0, 0.1) is 61.2 Å². The lowest BCUT2D eigenvalue weighted by Crippen LogP contribution is -2.05. The third-order valence-electron chi connectivity index (χ3n) is 12.4. The maximum absolute atomic E-state index is 5.47. The van der Waals surface area contributed by atoms with Gasteiger partial charge in [-0.15, -0.1) is 0 Å². The summed E-state index contributed by atoms with van der Waals surface area (Å²) in [6.45, 7) is 17.7. The molecule has 0 atom stereocenters. The predicted octanol–water partition coefficient (Wildman–Crippen LogP) is 12.9. The Morgan fingerprint density at radius 3 is 1.51 bits per heavy atom. The maximum atomic E-state index is 5.47. The summed E-state index contributed by atoms with van der Waals surface area (Å²) >= 11 is 0. The summed E-state index contributed by atoms with van der Waals surface area (Å²) in [5.41, 5.74) is 22.3. The number of allylic oxidation sites excluding steroid dienone is 4. The average molecular weight is 829 g/mol. The summed E-state index contributed by atoms with van der Waals surface area (Å²) in [6.07, 6.45) is 6.03. The quantitative estimate of drug-likeness (QED) is 0.109. The Hall–Kier alpha value is -6.80. The summed E-state index contributed by atoms with van der Waals surface area (Å²) in [4.78, 5) is 18.7. The Morgan fingerprint density at radius 1 is 0.540 bits per heavy atom. The number of benzene rings is 2. The second-order valence-electron chi connectivity index (χ2n) is 16.3. The number of H-pyrrole nitrogens is 2. The van der Waals surface area contributed by atoms with Crippen LogP contribution in [0.3, 0.4) is 0 Å². The van der Waals surface area contributed by atoms with Gasteiger partial charge in [-0.3, -0.25) is 0 Å². The number of fused-ring (bicyclic) bond motifs is 8. The maximum Gasteiger partial charge on any atom is 0.184 e. The molecule has 6 nitrogen and oxygen atoms in total. The van der Waals surface area contributed by atoms with Crippen LogP contribution in [0.5, 0.6) is 0 Å². The molecular weight excluding hydrogens is 773 g/mol. The van der Waals surface area contributed by atoms with Crippen LogP contribution in [0.1, 0.15) is 135 Å². The minimum atomic E-state index is -0.509. The number of hydrogen-bond acceptors (Lipinski definition) is 4. The molecule has 0 aliphatic carbocycles. The monoisotopic (exact) mass is 828 g/mol. The summed E-state index contributed by atoms with van der Waals surface area (Å²) in [6, 6.07) is 22.7. The Morgan fingerprint density at radius 2 is 1.00 bits per heavy atom. The smallest absolute Gasteiger partial charge is 0.184 e. The minimum Gasteiger partial charge on any atom is -0.355 e. The molecule has 0 saturated heterocycles. The highest BCUT2D eigenvalue weighted by Gasteiger charge is 2.26. The van der Waals surface area contributed by atoms with Crippen LogP contribution < -0.4 is 0 Å². The second-order valence-corrected chi connectivity index (χ2v) is 16.3. The highest BCUT2D eigenvalue weighted by atomic mass is 16.7. The van der Waals surface area contributed by atoms with Crippen molar-refractivity contribution in [3.05, 3.63) is 128 Å². The second kappa shape index (κ2) is 19.9. The van der Waals surface area contributed by atoms with E-state index in [0.717, 1.165) is 133 Å². The van der Waals surface area contributed by atoms with Crippen LogP contribution in [0.4, 0.5) is 0 Å². The van der Waals surface area contributed by atoms with Crippen molar-refractivity contribution in [3.8, 4) is 58.5 Å². The number of hydrogen-bond donors (Lipinski definition) is 2. The average Bonchev–Trinajstić information content (AvgIpc) is 3.94. The third kappa shape index (κ3) is 9.22. The number of rotatable bonds is 10. The van der Waals surface area contributed by atoms with Gasteiger partial charge in [-0.1, -0.05) is 74.9 Å².